The SMILES string of the molecule is CCCCCC[NH2+]c1ccccc1.[I-]. The largest absolute Gasteiger partial charge is 1.00 e. The fourth-order valence-electron chi connectivity index (χ4n) is 1.43. The lowest BCUT2D eigenvalue weighted by Crippen LogP contribution is -3.00. The topological polar surface area (TPSA) is 16.6 Å². The van der Waals surface area contributed by atoms with E-state index < -0.39 is 0 Å². The van der Waals surface area contributed by atoms with Gasteiger partial charge in [0, 0.05) is 0 Å². The fourth-order valence-corrected chi connectivity index (χ4v) is 1.43. The first kappa shape index (κ1) is 13.9. The summed E-state index contributed by atoms with van der Waals surface area (Å²) >= 11 is 0. The van der Waals surface area contributed by atoms with Crippen LogP contribution in [0, 0.1) is 0 Å². The molecule has 0 aromatic heterocycles. The third-order valence-electron chi connectivity index (χ3n) is 2.24. The van der Waals surface area contributed by atoms with Crippen LogP contribution in [0.1, 0.15) is 32.6 Å². The molecule has 0 saturated carbocycles. The molecule has 0 aliphatic carbocycles. The van der Waals surface area contributed by atoms with Gasteiger partial charge in [-0.05, 0) is 25.0 Å². The minimum absolute atomic E-state index is 0. The van der Waals surface area contributed by atoms with Crippen LogP contribution >= 0.6 is 0 Å². The summed E-state index contributed by atoms with van der Waals surface area (Å²) < 4.78 is 0. The summed E-state index contributed by atoms with van der Waals surface area (Å²) in [5.74, 6) is 0. The van der Waals surface area contributed by atoms with Crippen LogP contribution in [0.25, 0.3) is 0 Å². The minimum Gasteiger partial charge on any atom is -1.00 e. The lowest BCUT2D eigenvalue weighted by atomic mass is 10.2. The molecule has 0 aliphatic heterocycles. The van der Waals surface area contributed by atoms with Crippen LogP contribution in [-0.2, 0) is 0 Å². The van der Waals surface area contributed by atoms with Crippen molar-refractivity contribution in [1.82, 2.24) is 0 Å². The number of hydrogen-bond acceptors (Lipinski definition) is 0. The Labute approximate surface area is 104 Å². The Balaban J connectivity index is 0.00000169. The number of halogens is 1. The summed E-state index contributed by atoms with van der Waals surface area (Å²) in [6, 6.07) is 10.6. The van der Waals surface area contributed by atoms with E-state index in [0.29, 0.717) is 0 Å². The number of quaternary nitrogens is 1. The third-order valence-corrected chi connectivity index (χ3v) is 2.24. The van der Waals surface area contributed by atoms with Crippen LogP contribution in [0.15, 0.2) is 30.3 Å². The molecule has 1 aromatic rings. The Hall–Kier alpha value is -0.0900. The second-order valence-corrected chi connectivity index (χ2v) is 3.46. The third kappa shape index (κ3) is 6.38. The first-order valence-electron chi connectivity index (χ1n) is 5.31. The summed E-state index contributed by atoms with van der Waals surface area (Å²) in [6.45, 7) is 3.48. The molecule has 0 saturated heterocycles. The highest BCUT2D eigenvalue weighted by Crippen LogP contribution is 1.98. The quantitative estimate of drug-likeness (QED) is 0.413. The van der Waals surface area contributed by atoms with Gasteiger partial charge in [0.05, 0.1) is 6.54 Å². The van der Waals surface area contributed by atoms with Crippen molar-refractivity contribution < 1.29 is 29.3 Å². The van der Waals surface area contributed by atoms with Crippen molar-refractivity contribution in [3.63, 3.8) is 0 Å². The highest BCUT2D eigenvalue weighted by atomic mass is 127. The van der Waals surface area contributed by atoms with Crippen molar-refractivity contribution in [2.75, 3.05) is 6.54 Å². The fraction of sp³-hybridized carbons (Fsp3) is 0.500. The van der Waals surface area contributed by atoms with E-state index in [9.17, 15) is 0 Å². The number of unbranched alkanes of at least 4 members (excludes halogenated alkanes) is 3. The van der Waals surface area contributed by atoms with Gasteiger partial charge in [0.2, 0.25) is 0 Å². The van der Waals surface area contributed by atoms with Crippen molar-refractivity contribution in [2.45, 2.75) is 32.6 Å². The molecule has 0 atom stereocenters. The molecular weight excluding hydrogens is 285 g/mol. The number of para-hydroxylation sites is 1. The van der Waals surface area contributed by atoms with Crippen molar-refractivity contribution >= 4 is 5.69 Å². The zero-order valence-electron chi connectivity index (χ0n) is 8.88. The highest BCUT2D eigenvalue weighted by Gasteiger charge is 1.93. The Morgan fingerprint density at radius 1 is 1.00 bits per heavy atom. The molecule has 1 nitrogen and oxygen atoms in total. The number of benzene rings is 1. The number of nitrogens with two attached hydrogens (primary N) is 1. The number of rotatable bonds is 6. The van der Waals surface area contributed by atoms with E-state index in [0.717, 1.165) is 0 Å². The first-order chi connectivity index (χ1) is 6.43. The molecule has 1 rings (SSSR count). The Morgan fingerprint density at radius 2 is 1.71 bits per heavy atom. The van der Waals surface area contributed by atoms with Crippen molar-refractivity contribution in [1.29, 1.82) is 0 Å². The molecule has 1 aromatic carbocycles. The average Bonchev–Trinajstić information content (AvgIpc) is 2.19. The molecule has 80 valence electrons. The van der Waals surface area contributed by atoms with Crippen molar-refractivity contribution in [2.24, 2.45) is 0 Å². The molecule has 0 unspecified atom stereocenters. The minimum atomic E-state index is 0. The summed E-state index contributed by atoms with van der Waals surface area (Å²) in [5.41, 5.74) is 1.36. The Morgan fingerprint density at radius 3 is 2.36 bits per heavy atom. The summed E-state index contributed by atoms with van der Waals surface area (Å²) in [7, 11) is 0. The summed E-state index contributed by atoms with van der Waals surface area (Å²) in [6.07, 6.45) is 5.41. The molecule has 0 heterocycles. The van der Waals surface area contributed by atoms with E-state index >= 15 is 0 Å². The maximum absolute atomic E-state index is 2.33. The van der Waals surface area contributed by atoms with Crippen molar-refractivity contribution in [3.05, 3.63) is 30.3 Å². The van der Waals surface area contributed by atoms with Gasteiger partial charge in [0.25, 0.3) is 0 Å². The van der Waals surface area contributed by atoms with Crippen LogP contribution in [-0.4, -0.2) is 6.54 Å². The molecule has 2 heteroatoms. The Kier molecular flexibility index (Phi) is 9.40. The van der Waals surface area contributed by atoms with E-state index in [1.807, 2.05) is 0 Å². The van der Waals surface area contributed by atoms with Gasteiger partial charge in [0.1, 0.15) is 5.69 Å². The second kappa shape index (κ2) is 9.46. The zero-order valence-corrected chi connectivity index (χ0v) is 11.0. The molecule has 0 radical (unpaired) electrons. The van der Waals surface area contributed by atoms with Gasteiger partial charge < -0.3 is 29.3 Å². The maximum Gasteiger partial charge on any atom is 0.129 e. The van der Waals surface area contributed by atoms with E-state index in [-0.39, 0.29) is 24.0 Å². The van der Waals surface area contributed by atoms with E-state index in [1.165, 1.54) is 37.9 Å². The van der Waals surface area contributed by atoms with E-state index in [4.69, 9.17) is 0 Å². The maximum atomic E-state index is 2.33. The van der Waals surface area contributed by atoms with Crippen LogP contribution in [0.2, 0.25) is 0 Å². The molecule has 0 bridgehead atoms. The molecule has 14 heavy (non-hydrogen) atoms. The first-order valence-corrected chi connectivity index (χ1v) is 5.31. The van der Waals surface area contributed by atoms with E-state index in [1.54, 1.807) is 0 Å². The molecule has 2 N–H and O–H groups in total. The van der Waals surface area contributed by atoms with Crippen molar-refractivity contribution in [3.8, 4) is 0 Å². The van der Waals surface area contributed by atoms with Crippen LogP contribution < -0.4 is 29.3 Å². The van der Waals surface area contributed by atoms with Gasteiger partial charge in [-0.15, -0.1) is 0 Å². The zero-order chi connectivity index (χ0) is 9.36. The average molecular weight is 305 g/mol. The monoisotopic (exact) mass is 305 g/mol. The highest BCUT2D eigenvalue weighted by molar-refractivity contribution is 5.26. The molecule has 0 fully saturated rings. The molecule has 0 aliphatic rings. The molecule has 0 amide bonds. The lowest BCUT2D eigenvalue weighted by Gasteiger charge is -1.99. The number of hydrogen-bond donors (Lipinski definition) is 1. The van der Waals surface area contributed by atoms with Gasteiger partial charge in [0.15, 0.2) is 0 Å². The normalized spacial score (nSPS) is 9.50. The standard InChI is InChI=1S/C12H19N.HI/c1-2-3-4-8-11-13-12-9-6-5-7-10-12;/h5-7,9-10,13H,2-4,8,11H2,1H3;1H. The summed E-state index contributed by atoms with van der Waals surface area (Å²) in [4.78, 5) is 0. The van der Waals surface area contributed by atoms with Gasteiger partial charge in [-0.3, -0.25) is 0 Å². The Bertz CT molecular complexity index is 211. The van der Waals surface area contributed by atoms with Gasteiger partial charge in [-0.1, -0.05) is 38.0 Å². The van der Waals surface area contributed by atoms with Gasteiger partial charge in [-0.25, -0.2) is 0 Å². The smallest absolute Gasteiger partial charge is 0.129 e. The predicted molar refractivity (Wildman–Crippen MR) is 57.0 cm³/mol. The predicted octanol–water partition coefficient (Wildman–Crippen LogP) is -0.534. The van der Waals surface area contributed by atoms with Gasteiger partial charge in [-0.2, -0.15) is 0 Å². The van der Waals surface area contributed by atoms with E-state index in [2.05, 4.69) is 42.6 Å². The van der Waals surface area contributed by atoms with Crippen LogP contribution in [0.5, 0.6) is 0 Å². The van der Waals surface area contributed by atoms with Gasteiger partial charge >= 0.3 is 0 Å². The van der Waals surface area contributed by atoms with Crippen LogP contribution in [0.4, 0.5) is 5.69 Å². The lowest BCUT2D eigenvalue weighted by molar-refractivity contribution is -0.572. The van der Waals surface area contributed by atoms with Crippen LogP contribution in [0.3, 0.4) is 0 Å². The molecule has 0 spiro atoms. The summed E-state index contributed by atoms with van der Waals surface area (Å²) in [5, 5.41) is 2.33. The molecular formula is C12H20IN. The second-order valence-electron chi connectivity index (χ2n) is 3.46.